The van der Waals surface area contributed by atoms with Crippen molar-refractivity contribution >= 4 is 0 Å². The quantitative estimate of drug-likeness (QED) is 0.593. The summed E-state index contributed by atoms with van der Waals surface area (Å²) >= 11 is 0. The minimum Gasteiger partial charge on any atom is -0.324 e. The molecule has 1 aromatic rings. The lowest BCUT2D eigenvalue weighted by Gasteiger charge is -2.25. The van der Waals surface area contributed by atoms with Gasteiger partial charge in [0.2, 0.25) is 0 Å². The Balaban J connectivity index is 0.000000425. The van der Waals surface area contributed by atoms with Crippen molar-refractivity contribution in [3.8, 4) is 0 Å². The lowest BCUT2D eigenvalue weighted by atomic mass is 9.80. The third-order valence-electron chi connectivity index (χ3n) is 3.89. The molecule has 0 heterocycles. The van der Waals surface area contributed by atoms with E-state index >= 15 is 0 Å². The molecule has 0 radical (unpaired) electrons. The zero-order valence-electron chi connectivity index (χ0n) is 15.9. The summed E-state index contributed by atoms with van der Waals surface area (Å²) in [6, 6.07) is 10.2. The Morgan fingerprint density at radius 2 is 1.55 bits per heavy atom. The molecule has 0 saturated carbocycles. The van der Waals surface area contributed by atoms with Crippen LogP contribution >= 0.6 is 0 Å². The normalized spacial score (nSPS) is 14.0. The third-order valence-corrected chi connectivity index (χ3v) is 3.89. The maximum Gasteiger partial charge on any atom is 0.0266 e. The predicted octanol–water partition coefficient (Wildman–Crippen LogP) is 6.74. The summed E-state index contributed by atoms with van der Waals surface area (Å²) in [5, 5.41) is 0. The van der Waals surface area contributed by atoms with Crippen LogP contribution in [0.5, 0.6) is 0 Å². The third kappa shape index (κ3) is 11.8. The van der Waals surface area contributed by atoms with Crippen molar-refractivity contribution in [2.24, 2.45) is 17.1 Å². The van der Waals surface area contributed by atoms with Gasteiger partial charge >= 0.3 is 0 Å². The largest absolute Gasteiger partial charge is 0.324 e. The van der Waals surface area contributed by atoms with Crippen molar-refractivity contribution in [1.82, 2.24) is 0 Å². The number of rotatable bonds is 7. The average molecular weight is 306 g/mol. The van der Waals surface area contributed by atoms with Gasteiger partial charge < -0.3 is 5.73 Å². The Kier molecular flexibility index (Phi) is 11.3. The van der Waals surface area contributed by atoms with Crippen LogP contribution in [0.3, 0.4) is 0 Å². The summed E-state index contributed by atoms with van der Waals surface area (Å²) in [5.41, 5.74) is 7.33. The Morgan fingerprint density at radius 1 is 0.955 bits per heavy atom. The van der Waals surface area contributed by atoms with E-state index in [1.807, 2.05) is 37.3 Å². The second-order valence-electron chi connectivity index (χ2n) is 7.76. The lowest BCUT2D eigenvalue weighted by Crippen LogP contribution is -2.13. The van der Waals surface area contributed by atoms with Gasteiger partial charge in [0.1, 0.15) is 0 Å². The number of unbranched alkanes of at least 4 members (excludes halogenated alkanes) is 1. The standard InChI is InChI=1S/C13H28.C8H11N/c1-6-8-10-12(9-7-2)11-13(3,4)5;1-7(9)8-5-3-2-4-6-8/h12H,6-11H2,1-5H3;2-7H,9H2,1H3. The molecule has 0 saturated heterocycles. The zero-order valence-corrected chi connectivity index (χ0v) is 15.9. The molecule has 1 aromatic carbocycles. The maximum atomic E-state index is 5.61. The number of nitrogens with two attached hydrogens (primary N) is 1. The van der Waals surface area contributed by atoms with Gasteiger partial charge in [0.05, 0.1) is 0 Å². The van der Waals surface area contributed by atoms with E-state index in [9.17, 15) is 0 Å². The highest BCUT2D eigenvalue weighted by atomic mass is 14.6. The fourth-order valence-corrected chi connectivity index (χ4v) is 2.87. The predicted molar refractivity (Wildman–Crippen MR) is 101 cm³/mol. The molecular weight excluding hydrogens is 266 g/mol. The molecular formula is C21H39N. The molecule has 2 N–H and O–H groups in total. The van der Waals surface area contributed by atoms with E-state index in [-0.39, 0.29) is 6.04 Å². The highest BCUT2D eigenvalue weighted by Crippen LogP contribution is 2.30. The number of hydrogen-bond donors (Lipinski definition) is 1. The molecule has 0 aliphatic carbocycles. The van der Waals surface area contributed by atoms with Crippen molar-refractivity contribution in [2.45, 2.75) is 86.1 Å². The Morgan fingerprint density at radius 3 is 1.91 bits per heavy atom. The van der Waals surface area contributed by atoms with E-state index in [0.717, 1.165) is 5.92 Å². The zero-order chi connectivity index (χ0) is 17.0. The molecule has 0 aliphatic rings. The molecule has 0 amide bonds. The van der Waals surface area contributed by atoms with E-state index in [4.69, 9.17) is 5.73 Å². The van der Waals surface area contributed by atoms with Gasteiger partial charge in [-0.2, -0.15) is 0 Å². The van der Waals surface area contributed by atoms with E-state index in [1.165, 1.54) is 44.1 Å². The molecule has 2 atom stereocenters. The van der Waals surface area contributed by atoms with E-state index in [0.29, 0.717) is 5.41 Å². The van der Waals surface area contributed by atoms with Crippen LogP contribution in [-0.2, 0) is 0 Å². The lowest BCUT2D eigenvalue weighted by molar-refractivity contribution is 0.265. The van der Waals surface area contributed by atoms with Gasteiger partial charge in [-0.25, -0.2) is 0 Å². The SMILES string of the molecule is CC(N)c1ccccc1.CCCCC(CCC)CC(C)(C)C. The fraction of sp³-hybridized carbons (Fsp3) is 0.714. The van der Waals surface area contributed by atoms with Gasteiger partial charge in [-0.1, -0.05) is 97.1 Å². The molecule has 128 valence electrons. The van der Waals surface area contributed by atoms with Gasteiger partial charge in [0.15, 0.2) is 0 Å². The second-order valence-corrected chi connectivity index (χ2v) is 7.76. The van der Waals surface area contributed by atoms with Gasteiger partial charge in [0, 0.05) is 6.04 Å². The van der Waals surface area contributed by atoms with Crippen molar-refractivity contribution in [3.63, 3.8) is 0 Å². The first-order chi connectivity index (χ1) is 10.3. The molecule has 1 rings (SSSR count). The Hall–Kier alpha value is -0.820. The van der Waals surface area contributed by atoms with Crippen LogP contribution in [0.15, 0.2) is 30.3 Å². The minimum atomic E-state index is 0.159. The van der Waals surface area contributed by atoms with Crippen LogP contribution in [0.2, 0.25) is 0 Å². The summed E-state index contributed by atoms with van der Waals surface area (Å²) < 4.78 is 0. The van der Waals surface area contributed by atoms with Gasteiger partial charge in [-0.15, -0.1) is 0 Å². The molecule has 0 aliphatic heterocycles. The molecule has 2 unspecified atom stereocenters. The summed E-state index contributed by atoms with van der Waals surface area (Å²) in [7, 11) is 0. The monoisotopic (exact) mass is 305 g/mol. The highest BCUT2D eigenvalue weighted by Gasteiger charge is 2.17. The van der Waals surface area contributed by atoms with Crippen LogP contribution in [0.1, 0.15) is 91.7 Å². The molecule has 1 heteroatoms. The molecule has 0 bridgehead atoms. The highest BCUT2D eigenvalue weighted by molar-refractivity contribution is 5.17. The summed E-state index contributed by atoms with van der Waals surface area (Å²) in [4.78, 5) is 0. The average Bonchev–Trinajstić information content (AvgIpc) is 2.45. The molecule has 0 fully saturated rings. The minimum absolute atomic E-state index is 0.159. The number of hydrogen-bond acceptors (Lipinski definition) is 1. The summed E-state index contributed by atoms with van der Waals surface area (Å²) in [6.07, 6.45) is 8.40. The van der Waals surface area contributed by atoms with E-state index in [1.54, 1.807) is 0 Å². The summed E-state index contributed by atoms with van der Waals surface area (Å²) in [6.45, 7) is 13.7. The van der Waals surface area contributed by atoms with Gasteiger partial charge in [-0.05, 0) is 30.2 Å². The second kappa shape index (κ2) is 11.7. The smallest absolute Gasteiger partial charge is 0.0266 e. The summed E-state index contributed by atoms with van der Waals surface area (Å²) in [5.74, 6) is 0.977. The first kappa shape index (κ1) is 21.2. The molecule has 0 spiro atoms. The van der Waals surface area contributed by atoms with Crippen molar-refractivity contribution in [2.75, 3.05) is 0 Å². The molecule has 22 heavy (non-hydrogen) atoms. The van der Waals surface area contributed by atoms with Crippen LogP contribution in [0.25, 0.3) is 0 Å². The Bertz CT molecular complexity index is 348. The van der Waals surface area contributed by atoms with Crippen LogP contribution < -0.4 is 5.73 Å². The maximum absolute atomic E-state index is 5.61. The van der Waals surface area contributed by atoms with Crippen molar-refractivity contribution in [1.29, 1.82) is 0 Å². The van der Waals surface area contributed by atoms with Gasteiger partial charge in [0.25, 0.3) is 0 Å². The van der Waals surface area contributed by atoms with E-state index in [2.05, 4.69) is 34.6 Å². The van der Waals surface area contributed by atoms with E-state index < -0.39 is 0 Å². The first-order valence-electron chi connectivity index (χ1n) is 9.10. The number of benzene rings is 1. The van der Waals surface area contributed by atoms with Crippen LogP contribution in [0.4, 0.5) is 0 Å². The molecule has 1 nitrogen and oxygen atoms in total. The van der Waals surface area contributed by atoms with Crippen LogP contribution in [-0.4, -0.2) is 0 Å². The van der Waals surface area contributed by atoms with Crippen LogP contribution in [0, 0.1) is 11.3 Å². The first-order valence-corrected chi connectivity index (χ1v) is 9.10. The topological polar surface area (TPSA) is 26.0 Å². The van der Waals surface area contributed by atoms with Gasteiger partial charge in [-0.3, -0.25) is 0 Å². The Labute approximate surface area is 139 Å². The molecule has 0 aromatic heterocycles. The fourth-order valence-electron chi connectivity index (χ4n) is 2.87. The van der Waals surface area contributed by atoms with Crippen molar-refractivity contribution in [3.05, 3.63) is 35.9 Å². The van der Waals surface area contributed by atoms with Crippen molar-refractivity contribution < 1.29 is 0 Å².